The molecule has 1 saturated heterocycles. The van der Waals surface area contributed by atoms with Gasteiger partial charge in [0.15, 0.2) is 5.96 Å². The summed E-state index contributed by atoms with van der Waals surface area (Å²) in [5.74, 6) is 0.864. The topological polar surface area (TPSA) is 74.0 Å². The minimum absolute atomic E-state index is 0. The van der Waals surface area contributed by atoms with Gasteiger partial charge in [0.05, 0.1) is 5.92 Å². The second-order valence-electron chi connectivity index (χ2n) is 7.92. The molecule has 1 aromatic rings. The Morgan fingerprint density at radius 3 is 2.73 bits per heavy atom. The number of carbonyl (C=O) groups is 1. The molecule has 1 amide bonds. The van der Waals surface area contributed by atoms with Crippen molar-refractivity contribution in [2.24, 2.45) is 16.6 Å². The van der Waals surface area contributed by atoms with Crippen molar-refractivity contribution < 1.29 is 4.79 Å². The van der Waals surface area contributed by atoms with E-state index in [0.717, 1.165) is 77.5 Å². The zero-order chi connectivity index (χ0) is 20.5. The lowest BCUT2D eigenvalue weighted by atomic mass is 9.97. The van der Waals surface area contributed by atoms with Crippen molar-refractivity contribution in [3.8, 4) is 0 Å². The van der Waals surface area contributed by atoms with Gasteiger partial charge < -0.3 is 20.9 Å². The smallest absolute Gasteiger partial charge is 0.221 e. The molecule has 7 heteroatoms. The Bertz CT molecular complexity index is 722. The van der Waals surface area contributed by atoms with Crippen LogP contribution in [0.1, 0.15) is 38.2 Å². The number of nitrogens with one attached hydrogen (secondary N) is 1. The third-order valence-electron chi connectivity index (χ3n) is 5.79. The summed E-state index contributed by atoms with van der Waals surface area (Å²) in [7, 11) is 0. The highest BCUT2D eigenvalue weighted by atomic mass is 127. The van der Waals surface area contributed by atoms with E-state index in [0.29, 0.717) is 0 Å². The second-order valence-corrected chi connectivity index (χ2v) is 7.92. The predicted octanol–water partition coefficient (Wildman–Crippen LogP) is 2.95. The maximum absolute atomic E-state index is 11.4. The van der Waals surface area contributed by atoms with Gasteiger partial charge in [0, 0.05) is 32.7 Å². The first kappa shape index (κ1) is 24.7. The number of aliphatic imine (C=N–C) groups is 1. The van der Waals surface area contributed by atoms with E-state index in [4.69, 9.17) is 10.7 Å². The molecule has 0 saturated carbocycles. The number of hydrogen-bond acceptors (Lipinski definition) is 3. The van der Waals surface area contributed by atoms with Gasteiger partial charge >= 0.3 is 0 Å². The van der Waals surface area contributed by atoms with E-state index in [9.17, 15) is 4.79 Å². The quantitative estimate of drug-likeness (QED) is 0.249. The van der Waals surface area contributed by atoms with E-state index in [1.54, 1.807) is 0 Å². The van der Waals surface area contributed by atoms with Crippen LogP contribution in [0.4, 0.5) is 0 Å². The van der Waals surface area contributed by atoms with Crippen LogP contribution in [0, 0.1) is 5.92 Å². The molecule has 1 aromatic carbocycles. The van der Waals surface area contributed by atoms with Crippen molar-refractivity contribution in [3.63, 3.8) is 0 Å². The Hall–Kier alpha value is -1.61. The summed E-state index contributed by atoms with van der Waals surface area (Å²) in [5.41, 5.74) is 8.23. The second kappa shape index (κ2) is 12.9. The van der Waals surface area contributed by atoms with Gasteiger partial charge in [-0.05, 0) is 56.8 Å². The van der Waals surface area contributed by atoms with Crippen molar-refractivity contribution in [3.05, 3.63) is 42.0 Å². The van der Waals surface area contributed by atoms with Gasteiger partial charge in [0.2, 0.25) is 5.91 Å². The number of nitrogens with two attached hydrogens (primary N) is 1. The zero-order valence-electron chi connectivity index (χ0n) is 18.1. The number of amides is 1. The highest BCUT2D eigenvalue weighted by molar-refractivity contribution is 14.0. The summed E-state index contributed by atoms with van der Waals surface area (Å²) < 4.78 is 0. The van der Waals surface area contributed by atoms with Gasteiger partial charge in [0.1, 0.15) is 0 Å². The lowest BCUT2D eigenvalue weighted by molar-refractivity contribution is -0.123. The van der Waals surface area contributed by atoms with Gasteiger partial charge in [-0.25, -0.2) is 0 Å². The van der Waals surface area contributed by atoms with Crippen LogP contribution in [0.3, 0.4) is 0 Å². The van der Waals surface area contributed by atoms with Crippen molar-refractivity contribution >= 4 is 41.4 Å². The van der Waals surface area contributed by atoms with E-state index in [1.165, 1.54) is 11.1 Å². The van der Waals surface area contributed by atoms with Crippen LogP contribution in [-0.2, 0) is 4.79 Å². The molecule has 1 fully saturated rings. The first-order valence-corrected chi connectivity index (χ1v) is 11.0. The summed E-state index contributed by atoms with van der Waals surface area (Å²) in [5, 5.41) is 3.44. The van der Waals surface area contributed by atoms with Gasteiger partial charge in [-0.2, -0.15) is 0 Å². The van der Waals surface area contributed by atoms with Crippen LogP contribution >= 0.6 is 24.0 Å². The number of carbonyl (C=O) groups excluding carboxylic acids is 1. The van der Waals surface area contributed by atoms with E-state index in [1.807, 2.05) is 0 Å². The summed E-state index contributed by atoms with van der Waals surface area (Å²) in [6.45, 7) is 8.50. The van der Waals surface area contributed by atoms with Crippen LogP contribution in [0.5, 0.6) is 0 Å². The SMILES string of the molecule is CCNC(=NCCCN1CCCC(C(N)=O)C1)N1CC=C(c2ccccc2)CC1.I. The molecule has 0 aliphatic carbocycles. The predicted molar refractivity (Wildman–Crippen MR) is 135 cm³/mol. The van der Waals surface area contributed by atoms with Crippen LogP contribution in [0.2, 0.25) is 0 Å². The molecule has 1 unspecified atom stereocenters. The molecule has 0 aromatic heterocycles. The monoisotopic (exact) mass is 525 g/mol. The van der Waals surface area contributed by atoms with Crippen LogP contribution < -0.4 is 11.1 Å². The first-order chi connectivity index (χ1) is 14.2. The van der Waals surface area contributed by atoms with Crippen LogP contribution in [-0.4, -0.2) is 67.5 Å². The van der Waals surface area contributed by atoms with Gasteiger partial charge in [-0.15, -0.1) is 24.0 Å². The fourth-order valence-corrected chi connectivity index (χ4v) is 4.17. The molecule has 30 heavy (non-hydrogen) atoms. The number of benzene rings is 1. The standard InChI is InChI=1S/C23H35N5O.HI/c1-2-25-23(26-13-7-15-27-14-6-10-21(18-27)22(24)29)28-16-11-20(12-17-28)19-8-4-3-5-9-19;/h3-5,8-9,11,21H,2,6-7,10,12-18H2,1H3,(H2,24,29)(H,25,26);1H. The lowest BCUT2D eigenvalue weighted by Crippen LogP contribution is -2.43. The average molecular weight is 525 g/mol. The summed E-state index contributed by atoms with van der Waals surface area (Å²) >= 11 is 0. The van der Waals surface area contributed by atoms with Crippen LogP contribution in [0.15, 0.2) is 41.4 Å². The molecule has 0 bridgehead atoms. The zero-order valence-corrected chi connectivity index (χ0v) is 20.4. The Morgan fingerprint density at radius 2 is 2.07 bits per heavy atom. The molecule has 3 N–H and O–H groups in total. The van der Waals surface area contributed by atoms with E-state index < -0.39 is 0 Å². The van der Waals surface area contributed by atoms with Crippen LogP contribution in [0.25, 0.3) is 5.57 Å². The molecule has 0 radical (unpaired) electrons. The molecule has 6 nitrogen and oxygen atoms in total. The number of likely N-dealkylation sites (tertiary alicyclic amines) is 1. The fraction of sp³-hybridized carbons (Fsp3) is 0.565. The molecular formula is C23H36IN5O. The molecule has 3 rings (SSSR count). The minimum Gasteiger partial charge on any atom is -0.369 e. The molecular weight excluding hydrogens is 489 g/mol. The van der Waals surface area contributed by atoms with Gasteiger partial charge in [-0.1, -0.05) is 36.4 Å². The van der Waals surface area contributed by atoms with Crippen molar-refractivity contribution in [1.82, 2.24) is 15.1 Å². The number of rotatable bonds is 7. The average Bonchev–Trinajstić information content (AvgIpc) is 2.77. The maximum atomic E-state index is 11.4. The highest BCUT2D eigenvalue weighted by Gasteiger charge is 2.23. The van der Waals surface area contributed by atoms with Gasteiger partial charge in [-0.3, -0.25) is 9.79 Å². The fourth-order valence-electron chi connectivity index (χ4n) is 4.17. The number of nitrogens with zero attached hydrogens (tertiary/aromatic N) is 3. The maximum Gasteiger partial charge on any atom is 0.221 e. The largest absolute Gasteiger partial charge is 0.369 e. The minimum atomic E-state index is -0.157. The highest BCUT2D eigenvalue weighted by Crippen LogP contribution is 2.22. The molecule has 166 valence electrons. The third-order valence-corrected chi connectivity index (χ3v) is 5.79. The van der Waals surface area contributed by atoms with Crippen molar-refractivity contribution in [2.45, 2.75) is 32.6 Å². The van der Waals surface area contributed by atoms with Gasteiger partial charge in [0.25, 0.3) is 0 Å². The lowest BCUT2D eigenvalue weighted by Gasteiger charge is -2.31. The molecule has 2 aliphatic rings. The Morgan fingerprint density at radius 1 is 1.27 bits per heavy atom. The molecule has 2 aliphatic heterocycles. The number of halogens is 1. The van der Waals surface area contributed by atoms with Crippen molar-refractivity contribution in [2.75, 3.05) is 45.8 Å². The Labute approximate surface area is 198 Å². The Kier molecular flexibility index (Phi) is 10.6. The summed E-state index contributed by atoms with van der Waals surface area (Å²) in [6, 6.07) is 10.6. The summed E-state index contributed by atoms with van der Waals surface area (Å²) in [6.07, 6.45) is 6.35. The number of guanidine groups is 1. The Balaban J connectivity index is 0.00000320. The third kappa shape index (κ3) is 7.27. The van der Waals surface area contributed by atoms with E-state index in [-0.39, 0.29) is 35.8 Å². The van der Waals surface area contributed by atoms with E-state index >= 15 is 0 Å². The first-order valence-electron chi connectivity index (χ1n) is 11.0. The normalized spacial score (nSPS) is 20.3. The molecule has 2 heterocycles. The molecule has 1 atom stereocenters. The molecule has 0 spiro atoms. The number of primary amides is 1. The number of piperidine rings is 1. The van der Waals surface area contributed by atoms with Crippen molar-refractivity contribution in [1.29, 1.82) is 0 Å². The van der Waals surface area contributed by atoms with E-state index in [2.05, 4.69) is 58.4 Å². The summed E-state index contributed by atoms with van der Waals surface area (Å²) in [4.78, 5) is 21.0. The number of hydrogen-bond donors (Lipinski definition) is 2.